The van der Waals surface area contributed by atoms with E-state index in [1.807, 2.05) is 54.8 Å². The van der Waals surface area contributed by atoms with Crippen LogP contribution >= 0.6 is 0 Å². The number of aryl methyl sites for hydroxylation is 1. The number of carbonyl (C=O) groups is 2. The number of amides is 2. The Bertz CT molecular complexity index is 2130. The number of anilines is 2. The number of nitrogens with zero attached hydrogens (tertiary/aromatic N) is 6. The summed E-state index contributed by atoms with van der Waals surface area (Å²) in [5, 5.41) is 14.4. The van der Waals surface area contributed by atoms with Crippen LogP contribution in [0.1, 0.15) is 44.5 Å². The highest BCUT2D eigenvalue weighted by molar-refractivity contribution is 6.12. The molecule has 0 spiro atoms. The minimum absolute atomic E-state index is 0.0473. The summed E-state index contributed by atoms with van der Waals surface area (Å²) in [6.45, 7) is 8.84. The normalized spacial score (nSPS) is 16.9. The maximum absolute atomic E-state index is 15.0. The minimum Gasteiger partial charge on any atom is -0.508 e. The molecule has 3 aliphatic heterocycles. The van der Waals surface area contributed by atoms with Crippen molar-refractivity contribution in [2.24, 2.45) is 7.05 Å². The Morgan fingerprint density at radius 3 is 2.40 bits per heavy atom. The number of aromatic nitrogens is 3. The van der Waals surface area contributed by atoms with Gasteiger partial charge in [-0.25, -0.2) is 0 Å². The average Bonchev–Trinajstić information content (AvgIpc) is 3.91. The Kier molecular flexibility index (Phi) is 8.94. The fourth-order valence-electron chi connectivity index (χ4n) is 7.48. The lowest BCUT2D eigenvalue weighted by atomic mass is 9.92. The summed E-state index contributed by atoms with van der Waals surface area (Å²) in [6, 6.07) is 20.3. The van der Waals surface area contributed by atoms with Gasteiger partial charge in [-0.15, -0.1) is 0 Å². The first-order chi connectivity index (χ1) is 25.3. The highest BCUT2D eigenvalue weighted by Crippen LogP contribution is 2.42. The highest BCUT2D eigenvalue weighted by atomic mass is 16.7. The molecule has 0 bridgehead atoms. The second-order valence-corrected chi connectivity index (χ2v) is 13.5. The Hall–Kier alpha value is -5.59. The van der Waals surface area contributed by atoms with E-state index in [0.29, 0.717) is 71.6 Å². The first-order valence-corrected chi connectivity index (χ1v) is 17.7. The predicted molar refractivity (Wildman–Crippen MR) is 195 cm³/mol. The van der Waals surface area contributed by atoms with Gasteiger partial charge in [-0.2, -0.15) is 5.10 Å². The molecule has 1 atom stereocenters. The average molecular weight is 703 g/mol. The van der Waals surface area contributed by atoms with E-state index in [9.17, 15) is 9.90 Å². The molecule has 0 radical (unpaired) electrons. The Labute approximate surface area is 302 Å². The summed E-state index contributed by atoms with van der Waals surface area (Å²) in [5.41, 5.74) is 6.59. The van der Waals surface area contributed by atoms with Crippen LogP contribution in [-0.4, -0.2) is 86.8 Å². The molecule has 0 unspecified atom stereocenters. The van der Waals surface area contributed by atoms with Crippen LogP contribution in [0.15, 0.2) is 79.1 Å². The van der Waals surface area contributed by atoms with Gasteiger partial charge in [-0.05, 0) is 73.9 Å². The van der Waals surface area contributed by atoms with Crippen LogP contribution in [0.3, 0.4) is 0 Å². The zero-order valence-corrected chi connectivity index (χ0v) is 29.6. The molecule has 5 heterocycles. The number of hydrogen-bond acceptors (Lipinski definition) is 8. The zero-order chi connectivity index (χ0) is 35.9. The molecule has 52 heavy (non-hydrogen) atoms. The monoisotopic (exact) mass is 702 g/mol. The number of phenolic OH excluding ortho intramolecular Hbond substituents is 1. The van der Waals surface area contributed by atoms with Gasteiger partial charge >= 0.3 is 0 Å². The van der Waals surface area contributed by atoms with Crippen molar-refractivity contribution in [2.75, 3.05) is 44.5 Å². The maximum Gasteiger partial charge on any atom is 0.264 e. The second kappa shape index (κ2) is 13.9. The van der Waals surface area contributed by atoms with Crippen molar-refractivity contribution < 1.29 is 28.9 Å². The standard InChI is InChI=1S/C40H42N6O6/c1-4-44-24-31(21-41-44)46(29-9-11-32(47)12-10-29)40(49)33-18-36(42(3)26(33)2)34-19-37-38(52-25-51-37)20-35(34)39(48)45-22-28-8-6-5-7-27(28)17-30(45)23-43-13-15-50-16-14-43/h5-12,18-21,24,30,47H,4,13-17,22-23,25H2,1-3H3/t30-/m0/s1. The van der Waals surface area contributed by atoms with Crippen LogP contribution in [0, 0.1) is 6.92 Å². The highest BCUT2D eigenvalue weighted by Gasteiger charge is 2.35. The number of benzene rings is 3. The molecule has 0 saturated carbocycles. The number of aromatic hydroxyl groups is 1. The summed E-state index contributed by atoms with van der Waals surface area (Å²) in [7, 11) is 1.90. The number of phenols is 1. The first kappa shape index (κ1) is 33.5. The van der Waals surface area contributed by atoms with Crippen molar-refractivity contribution in [1.82, 2.24) is 24.1 Å². The number of hydrogen-bond donors (Lipinski definition) is 1. The molecule has 2 aromatic heterocycles. The number of ether oxygens (including phenoxy) is 3. The van der Waals surface area contributed by atoms with E-state index in [1.165, 1.54) is 5.56 Å². The summed E-state index contributed by atoms with van der Waals surface area (Å²) in [5.74, 6) is 0.786. The molecule has 1 fully saturated rings. The van der Waals surface area contributed by atoms with Crippen LogP contribution in [0.2, 0.25) is 0 Å². The van der Waals surface area contributed by atoms with Crippen molar-refractivity contribution >= 4 is 23.2 Å². The van der Waals surface area contributed by atoms with E-state index in [1.54, 1.807) is 46.1 Å². The van der Waals surface area contributed by atoms with Gasteiger partial charge in [0.2, 0.25) is 6.79 Å². The second-order valence-electron chi connectivity index (χ2n) is 13.5. The molecule has 5 aromatic rings. The molecular formula is C40H42N6O6. The van der Waals surface area contributed by atoms with Crippen LogP contribution in [0.5, 0.6) is 17.2 Å². The van der Waals surface area contributed by atoms with E-state index in [-0.39, 0.29) is 30.4 Å². The lowest BCUT2D eigenvalue weighted by Crippen LogP contribution is -2.52. The predicted octanol–water partition coefficient (Wildman–Crippen LogP) is 5.53. The van der Waals surface area contributed by atoms with E-state index in [0.717, 1.165) is 37.3 Å². The third kappa shape index (κ3) is 6.18. The molecule has 3 aromatic carbocycles. The summed E-state index contributed by atoms with van der Waals surface area (Å²) < 4.78 is 21.0. The molecule has 3 aliphatic rings. The molecular weight excluding hydrogens is 660 g/mol. The number of morpholine rings is 1. The van der Waals surface area contributed by atoms with E-state index < -0.39 is 0 Å². The van der Waals surface area contributed by atoms with Gasteiger partial charge in [0.15, 0.2) is 11.5 Å². The van der Waals surface area contributed by atoms with E-state index in [4.69, 9.17) is 14.2 Å². The Morgan fingerprint density at radius 2 is 1.67 bits per heavy atom. The first-order valence-electron chi connectivity index (χ1n) is 17.7. The van der Waals surface area contributed by atoms with Gasteiger partial charge in [0.25, 0.3) is 11.8 Å². The quantitative estimate of drug-likeness (QED) is 0.225. The number of fused-ring (bicyclic) bond motifs is 2. The van der Waals surface area contributed by atoms with Crippen LogP contribution in [0.4, 0.5) is 11.4 Å². The summed E-state index contributed by atoms with van der Waals surface area (Å²) >= 11 is 0. The fraction of sp³-hybridized carbons (Fsp3) is 0.325. The van der Waals surface area contributed by atoms with E-state index >= 15 is 4.79 Å². The SMILES string of the molecule is CCn1cc(N(C(=O)c2cc(-c3cc4c(cc3C(=O)N3Cc5ccccc5C[C@H]3CN3CCOCC3)OCO4)n(C)c2C)c2ccc(O)cc2)cn1. The van der Waals surface area contributed by atoms with Crippen molar-refractivity contribution in [3.63, 3.8) is 0 Å². The maximum atomic E-state index is 15.0. The molecule has 1 N–H and O–H groups in total. The van der Waals surface area contributed by atoms with Crippen molar-refractivity contribution in [3.05, 3.63) is 107 Å². The Morgan fingerprint density at radius 1 is 0.942 bits per heavy atom. The Balaban J connectivity index is 1.20. The zero-order valence-electron chi connectivity index (χ0n) is 29.6. The number of rotatable bonds is 8. The van der Waals surface area contributed by atoms with Gasteiger partial charge in [0, 0.05) is 74.6 Å². The van der Waals surface area contributed by atoms with Crippen molar-refractivity contribution in [1.29, 1.82) is 0 Å². The molecule has 0 aliphatic carbocycles. The summed E-state index contributed by atoms with van der Waals surface area (Å²) in [6.07, 6.45) is 4.23. The van der Waals surface area contributed by atoms with Gasteiger partial charge in [-0.3, -0.25) is 24.1 Å². The molecule has 1 saturated heterocycles. The lowest BCUT2D eigenvalue weighted by molar-refractivity contribution is 0.0193. The van der Waals surface area contributed by atoms with Crippen LogP contribution in [-0.2, 0) is 31.3 Å². The third-order valence-corrected chi connectivity index (χ3v) is 10.5. The van der Waals surface area contributed by atoms with Gasteiger partial charge < -0.3 is 28.8 Å². The van der Waals surface area contributed by atoms with Gasteiger partial charge in [0.05, 0.1) is 36.2 Å². The van der Waals surface area contributed by atoms with E-state index in [2.05, 4.69) is 28.2 Å². The molecule has 12 nitrogen and oxygen atoms in total. The molecule has 268 valence electrons. The van der Waals surface area contributed by atoms with Crippen molar-refractivity contribution in [3.8, 4) is 28.5 Å². The van der Waals surface area contributed by atoms with Crippen LogP contribution < -0.4 is 14.4 Å². The smallest absolute Gasteiger partial charge is 0.264 e. The van der Waals surface area contributed by atoms with Crippen molar-refractivity contribution in [2.45, 2.75) is 39.4 Å². The fourth-order valence-corrected chi connectivity index (χ4v) is 7.48. The lowest BCUT2D eigenvalue weighted by Gasteiger charge is -2.40. The van der Waals surface area contributed by atoms with Gasteiger partial charge in [0.1, 0.15) is 5.75 Å². The molecule has 12 heteroatoms. The molecule has 2 amide bonds. The van der Waals surface area contributed by atoms with Gasteiger partial charge in [-0.1, -0.05) is 24.3 Å². The number of carbonyl (C=O) groups excluding carboxylic acids is 2. The third-order valence-electron chi connectivity index (χ3n) is 10.5. The summed E-state index contributed by atoms with van der Waals surface area (Å²) in [4.78, 5) is 35.6. The largest absolute Gasteiger partial charge is 0.508 e. The molecule has 8 rings (SSSR count). The topological polar surface area (TPSA) is 115 Å². The van der Waals surface area contributed by atoms with Crippen LogP contribution in [0.25, 0.3) is 11.3 Å². The minimum atomic E-state index is -0.271.